The predicted octanol–water partition coefficient (Wildman–Crippen LogP) is 5.15. The highest BCUT2D eigenvalue weighted by atomic mass is 16.5. The first-order valence-electron chi connectivity index (χ1n) is 13.6. The van der Waals surface area contributed by atoms with Gasteiger partial charge >= 0.3 is 5.97 Å². The molecular weight excluding hydrogens is 468 g/mol. The van der Waals surface area contributed by atoms with Crippen LogP contribution >= 0.6 is 0 Å². The summed E-state index contributed by atoms with van der Waals surface area (Å²) in [5, 5.41) is 2.79. The van der Waals surface area contributed by atoms with Gasteiger partial charge in [0.15, 0.2) is 0 Å². The van der Waals surface area contributed by atoms with Crippen molar-refractivity contribution < 1.29 is 23.8 Å². The molecule has 37 heavy (non-hydrogen) atoms. The molecule has 2 aliphatic rings. The SMILES string of the molecule is CCC(=O)Nc1ccc(C(=O)O[C@@H]2CCN([C@@H]3CCCCC3OCCc3ccc(OC)c(C)c3)C2)cc1. The molecule has 1 saturated heterocycles. The Morgan fingerprint density at radius 1 is 1.05 bits per heavy atom. The molecular formula is C30H40N2O5. The molecule has 1 N–H and O–H groups in total. The molecule has 1 unspecified atom stereocenters. The first-order valence-corrected chi connectivity index (χ1v) is 13.6. The van der Waals surface area contributed by atoms with Crippen molar-refractivity contribution in [2.75, 3.05) is 32.1 Å². The maximum atomic E-state index is 12.7. The number of carbonyl (C=O) groups is 2. The lowest BCUT2D eigenvalue weighted by atomic mass is 9.91. The number of rotatable bonds is 10. The quantitative estimate of drug-likeness (QED) is 0.447. The van der Waals surface area contributed by atoms with Crippen molar-refractivity contribution in [3.63, 3.8) is 0 Å². The fraction of sp³-hybridized carbons (Fsp3) is 0.533. The third kappa shape index (κ3) is 7.33. The molecule has 2 fully saturated rings. The molecule has 1 aliphatic carbocycles. The average Bonchev–Trinajstić information content (AvgIpc) is 3.37. The molecule has 0 bridgehead atoms. The summed E-state index contributed by atoms with van der Waals surface area (Å²) in [6, 6.07) is 13.6. The molecule has 200 valence electrons. The number of nitrogens with zero attached hydrogens (tertiary/aromatic N) is 1. The molecule has 2 aromatic carbocycles. The van der Waals surface area contributed by atoms with E-state index in [0.29, 0.717) is 30.3 Å². The standard InChI is InChI=1S/C30H40N2O5/c1-4-29(33)31-24-12-10-23(11-13-24)30(34)37-25-15-17-32(20-25)26-7-5-6-8-28(26)36-18-16-22-9-14-27(35-3)21(2)19-22/h9-14,19,25-26,28H,4-8,15-18,20H2,1-3H3,(H,31,33)/t25-,26-,28?/m1/s1. The smallest absolute Gasteiger partial charge is 0.338 e. The number of carbonyl (C=O) groups excluding carboxylic acids is 2. The third-order valence-corrected chi connectivity index (χ3v) is 7.49. The molecule has 2 aromatic rings. The Kier molecular flexibility index (Phi) is 9.58. The highest BCUT2D eigenvalue weighted by Gasteiger charge is 2.36. The first kappa shape index (κ1) is 27.1. The van der Waals surface area contributed by atoms with E-state index in [9.17, 15) is 9.59 Å². The summed E-state index contributed by atoms with van der Waals surface area (Å²) >= 11 is 0. The Bertz CT molecular complexity index is 1050. The molecule has 1 saturated carbocycles. The maximum Gasteiger partial charge on any atom is 0.338 e. The Balaban J connectivity index is 1.26. The van der Waals surface area contributed by atoms with Crippen molar-refractivity contribution in [2.45, 2.75) is 77.0 Å². The number of hydrogen-bond acceptors (Lipinski definition) is 6. The molecule has 1 heterocycles. The molecule has 7 heteroatoms. The van der Waals surface area contributed by atoms with Crippen molar-refractivity contribution in [2.24, 2.45) is 0 Å². The van der Waals surface area contributed by atoms with Gasteiger partial charge in [0.05, 0.1) is 25.4 Å². The van der Waals surface area contributed by atoms with E-state index in [0.717, 1.165) is 50.1 Å². The number of benzene rings is 2. The molecule has 7 nitrogen and oxygen atoms in total. The molecule has 4 rings (SSSR count). The molecule has 0 aromatic heterocycles. The molecule has 0 radical (unpaired) electrons. The van der Waals surface area contributed by atoms with E-state index in [2.05, 4.69) is 29.3 Å². The number of anilines is 1. The van der Waals surface area contributed by atoms with Crippen LogP contribution in [0.1, 0.15) is 66.9 Å². The topological polar surface area (TPSA) is 77.1 Å². The Hall–Kier alpha value is -2.90. The van der Waals surface area contributed by atoms with Gasteiger partial charge in [-0.15, -0.1) is 0 Å². The van der Waals surface area contributed by atoms with Gasteiger partial charge in [0.2, 0.25) is 5.91 Å². The lowest BCUT2D eigenvalue weighted by molar-refractivity contribution is -0.115. The number of methoxy groups -OCH3 is 1. The fourth-order valence-corrected chi connectivity index (χ4v) is 5.42. The van der Waals surface area contributed by atoms with E-state index in [1.165, 1.54) is 18.4 Å². The zero-order valence-electron chi connectivity index (χ0n) is 22.3. The van der Waals surface area contributed by atoms with Crippen LogP contribution in [0.5, 0.6) is 5.75 Å². The van der Waals surface area contributed by atoms with E-state index in [1.807, 2.05) is 6.07 Å². The Morgan fingerprint density at radius 3 is 2.57 bits per heavy atom. The zero-order chi connectivity index (χ0) is 26.2. The number of amides is 1. The van der Waals surface area contributed by atoms with Crippen molar-refractivity contribution >= 4 is 17.6 Å². The van der Waals surface area contributed by atoms with E-state index in [1.54, 1.807) is 38.3 Å². The van der Waals surface area contributed by atoms with E-state index >= 15 is 0 Å². The second-order valence-corrected chi connectivity index (χ2v) is 10.1. The van der Waals surface area contributed by atoms with Crippen LogP contribution in [0.4, 0.5) is 5.69 Å². The zero-order valence-corrected chi connectivity index (χ0v) is 22.3. The van der Waals surface area contributed by atoms with Crippen LogP contribution in [0.2, 0.25) is 0 Å². The average molecular weight is 509 g/mol. The maximum absolute atomic E-state index is 12.7. The monoisotopic (exact) mass is 508 g/mol. The fourth-order valence-electron chi connectivity index (χ4n) is 5.42. The summed E-state index contributed by atoms with van der Waals surface area (Å²) in [5.41, 5.74) is 3.59. The minimum Gasteiger partial charge on any atom is -0.496 e. The van der Waals surface area contributed by atoms with Gasteiger partial charge < -0.3 is 19.5 Å². The lowest BCUT2D eigenvalue weighted by Crippen LogP contribution is -2.46. The number of aryl methyl sites for hydroxylation is 1. The number of nitrogens with one attached hydrogen (secondary N) is 1. The number of esters is 1. The van der Waals surface area contributed by atoms with Crippen LogP contribution in [0.25, 0.3) is 0 Å². The van der Waals surface area contributed by atoms with Crippen molar-refractivity contribution in [1.29, 1.82) is 0 Å². The van der Waals surface area contributed by atoms with E-state index in [-0.39, 0.29) is 24.1 Å². The Morgan fingerprint density at radius 2 is 1.84 bits per heavy atom. The van der Waals surface area contributed by atoms with Crippen LogP contribution in [-0.2, 0) is 20.7 Å². The van der Waals surface area contributed by atoms with Crippen LogP contribution in [0, 0.1) is 6.92 Å². The van der Waals surface area contributed by atoms with Gasteiger partial charge in [-0.05, 0) is 74.1 Å². The number of ether oxygens (including phenoxy) is 3. The van der Waals surface area contributed by atoms with Gasteiger partial charge in [-0.2, -0.15) is 0 Å². The molecule has 3 atom stereocenters. The van der Waals surface area contributed by atoms with Crippen molar-refractivity contribution in [3.05, 3.63) is 59.2 Å². The van der Waals surface area contributed by atoms with E-state index in [4.69, 9.17) is 14.2 Å². The summed E-state index contributed by atoms with van der Waals surface area (Å²) in [5.74, 6) is 0.549. The van der Waals surface area contributed by atoms with E-state index < -0.39 is 0 Å². The minimum atomic E-state index is -0.313. The second-order valence-electron chi connectivity index (χ2n) is 10.1. The van der Waals surface area contributed by atoms with Gasteiger partial charge in [0, 0.05) is 31.2 Å². The normalized spacial score (nSPS) is 22.0. The number of hydrogen-bond donors (Lipinski definition) is 1. The largest absolute Gasteiger partial charge is 0.496 e. The summed E-state index contributed by atoms with van der Waals surface area (Å²) in [4.78, 5) is 26.7. The Labute approximate surface area is 220 Å². The lowest BCUT2D eigenvalue weighted by Gasteiger charge is -2.37. The van der Waals surface area contributed by atoms with Gasteiger partial charge in [-0.1, -0.05) is 31.9 Å². The van der Waals surface area contributed by atoms with Gasteiger partial charge in [0.25, 0.3) is 0 Å². The molecule has 1 aliphatic heterocycles. The van der Waals surface area contributed by atoms with Gasteiger partial charge in [-0.3, -0.25) is 9.69 Å². The van der Waals surface area contributed by atoms with Gasteiger partial charge in [-0.25, -0.2) is 4.79 Å². The minimum absolute atomic E-state index is 0.0535. The predicted molar refractivity (Wildman–Crippen MR) is 144 cm³/mol. The summed E-state index contributed by atoms with van der Waals surface area (Å²) in [6.07, 6.45) is 6.85. The van der Waals surface area contributed by atoms with Crippen LogP contribution in [-0.4, -0.2) is 61.8 Å². The van der Waals surface area contributed by atoms with Crippen LogP contribution < -0.4 is 10.1 Å². The summed E-state index contributed by atoms with van der Waals surface area (Å²) in [7, 11) is 1.70. The summed E-state index contributed by atoms with van der Waals surface area (Å²) in [6.45, 7) is 6.24. The highest BCUT2D eigenvalue weighted by Crippen LogP contribution is 2.29. The van der Waals surface area contributed by atoms with Gasteiger partial charge in [0.1, 0.15) is 11.9 Å². The third-order valence-electron chi connectivity index (χ3n) is 7.49. The van der Waals surface area contributed by atoms with Crippen molar-refractivity contribution in [1.82, 2.24) is 4.90 Å². The molecule has 1 amide bonds. The second kappa shape index (κ2) is 13.1. The van der Waals surface area contributed by atoms with Crippen LogP contribution in [0.15, 0.2) is 42.5 Å². The van der Waals surface area contributed by atoms with Crippen LogP contribution in [0.3, 0.4) is 0 Å². The molecule has 0 spiro atoms. The highest BCUT2D eigenvalue weighted by molar-refractivity contribution is 5.93. The van der Waals surface area contributed by atoms with Crippen molar-refractivity contribution in [3.8, 4) is 5.75 Å². The number of likely N-dealkylation sites (tertiary alicyclic amines) is 1. The summed E-state index contributed by atoms with van der Waals surface area (Å²) < 4.78 is 17.6. The first-order chi connectivity index (χ1) is 18.0.